The van der Waals surface area contributed by atoms with E-state index in [1.807, 2.05) is 59.3 Å². The Morgan fingerprint density at radius 2 is 1.96 bits per heavy atom. The summed E-state index contributed by atoms with van der Waals surface area (Å²) in [5.74, 6) is -0.913. The molecule has 0 unspecified atom stereocenters. The van der Waals surface area contributed by atoms with Crippen LogP contribution in [0.5, 0.6) is 0 Å². The molecular formula is C22H20N2O2. The molecule has 0 amide bonds. The fourth-order valence-corrected chi connectivity index (χ4v) is 3.00. The summed E-state index contributed by atoms with van der Waals surface area (Å²) >= 11 is 0. The van der Waals surface area contributed by atoms with Gasteiger partial charge in [0.2, 0.25) is 0 Å². The zero-order valence-corrected chi connectivity index (χ0v) is 14.6. The molecule has 2 aromatic carbocycles. The molecule has 0 aliphatic heterocycles. The Hall–Kier alpha value is -3.40. The molecule has 0 aliphatic rings. The highest BCUT2D eigenvalue weighted by Crippen LogP contribution is 2.22. The van der Waals surface area contributed by atoms with E-state index in [2.05, 4.69) is 11.6 Å². The van der Waals surface area contributed by atoms with E-state index in [1.165, 1.54) is 0 Å². The molecule has 0 bridgehead atoms. The van der Waals surface area contributed by atoms with Crippen LogP contribution in [0, 0.1) is 0 Å². The van der Waals surface area contributed by atoms with E-state index in [4.69, 9.17) is 0 Å². The number of rotatable bonds is 6. The van der Waals surface area contributed by atoms with Crippen LogP contribution < -0.4 is 0 Å². The van der Waals surface area contributed by atoms with Gasteiger partial charge in [0, 0.05) is 25.2 Å². The molecule has 1 heterocycles. The second-order valence-electron chi connectivity index (χ2n) is 5.89. The summed E-state index contributed by atoms with van der Waals surface area (Å²) in [4.78, 5) is 15.8. The van der Waals surface area contributed by atoms with Crippen LogP contribution in [0.1, 0.15) is 21.5 Å². The first kappa shape index (κ1) is 17.4. The number of aromatic carboxylic acids is 1. The Morgan fingerprint density at radius 1 is 1.19 bits per heavy atom. The van der Waals surface area contributed by atoms with Crippen molar-refractivity contribution >= 4 is 22.6 Å². The van der Waals surface area contributed by atoms with E-state index < -0.39 is 5.97 Å². The van der Waals surface area contributed by atoms with Gasteiger partial charge < -0.3 is 9.67 Å². The van der Waals surface area contributed by atoms with E-state index >= 15 is 0 Å². The number of carbonyl (C=O) groups is 1. The van der Waals surface area contributed by atoms with Crippen LogP contribution in [-0.2, 0) is 6.54 Å². The van der Waals surface area contributed by atoms with Gasteiger partial charge in [-0.2, -0.15) is 0 Å². The Labute approximate surface area is 152 Å². The van der Waals surface area contributed by atoms with E-state index in [1.54, 1.807) is 25.3 Å². The van der Waals surface area contributed by atoms with Crippen molar-refractivity contribution < 1.29 is 9.90 Å². The minimum absolute atomic E-state index is 0.319. The molecule has 1 aromatic heterocycles. The maximum atomic E-state index is 11.5. The molecule has 0 saturated carbocycles. The van der Waals surface area contributed by atoms with Gasteiger partial charge in [-0.25, -0.2) is 4.79 Å². The quantitative estimate of drug-likeness (QED) is 0.527. The zero-order valence-electron chi connectivity index (χ0n) is 14.6. The van der Waals surface area contributed by atoms with Gasteiger partial charge in [-0.05, 0) is 29.3 Å². The summed E-state index contributed by atoms with van der Waals surface area (Å²) in [5, 5.41) is 10.4. The molecule has 4 nitrogen and oxygen atoms in total. The molecule has 0 saturated heterocycles. The number of aliphatic imine (C=N–C) groups is 1. The first-order valence-electron chi connectivity index (χ1n) is 8.30. The number of nitrogens with zero attached hydrogens (tertiary/aromatic N) is 2. The third-order valence-electron chi connectivity index (χ3n) is 4.25. The molecule has 0 spiro atoms. The molecule has 0 radical (unpaired) electrons. The molecule has 130 valence electrons. The number of aromatic nitrogens is 1. The van der Waals surface area contributed by atoms with Gasteiger partial charge in [-0.15, -0.1) is 0 Å². The van der Waals surface area contributed by atoms with E-state index in [0.717, 1.165) is 27.7 Å². The van der Waals surface area contributed by atoms with Gasteiger partial charge in [0.05, 0.1) is 16.8 Å². The van der Waals surface area contributed by atoms with Crippen LogP contribution in [-0.4, -0.2) is 28.4 Å². The lowest BCUT2D eigenvalue weighted by Gasteiger charge is -2.09. The van der Waals surface area contributed by atoms with Crippen LogP contribution in [0.3, 0.4) is 0 Å². The van der Waals surface area contributed by atoms with Crippen LogP contribution >= 0.6 is 0 Å². The fraction of sp³-hybridized carbons (Fsp3) is 0.0909. The number of benzene rings is 2. The van der Waals surface area contributed by atoms with Crippen molar-refractivity contribution in [1.82, 2.24) is 4.57 Å². The Bertz CT molecular complexity index is 1010. The first-order valence-corrected chi connectivity index (χ1v) is 8.30. The fourth-order valence-electron chi connectivity index (χ4n) is 3.00. The molecule has 1 N–H and O–H groups in total. The Balaban J connectivity index is 1.91. The van der Waals surface area contributed by atoms with E-state index in [-0.39, 0.29) is 0 Å². The maximum Gasteiger partial charge on any atom is 0.337 e. The number of carboxylic acid groups (broad SMARTS) is 1. The van der Waals surface area contributed by atoms with Gasteiger partial charge in [0.25, 0.3) is 0 Å². The topological polar surface area (TPSA) is 54.6 Å². The minimum Gasteiger partial charge on any atom is -0.478 e. The number of fused-ring (bicyclic) bond motifs is 1. The zero-order chi connectivity index (χ0) is 18.5. The summed E-state index contributed by atoms with van der Waals surface area (Å²) in [5.41, 5.74) is 4.07. The second kappa shape index (κ2) is 7.66. The van der Waals surface area contributed by atoms with Crippen molar-refractivity contribution in [2.24, 2.45) is 4.99 Å². The van der Waals surface area contributed by atoms with Crippen molar-refractivity contribution in [3.05, 3.63) is 96.2 Å². The van der Waals surface area contributed by atoms with Crippen molar-refractivity contribution in [1.29, 1.82) is 0 Å². The number of hydrogen-bond donors (Lipinski definition) is 1. The number of para-hydroxylation sites is 1. The largest absolute Gasteiger partial charge is 0.478 e. The lowest BCUT2D eigenvalue weighted by atomic mass is 10.1. The van der Waals surface area contributed by atoms with Crippen molar-refractivity contribution in [2.45, 2.75) is 6.54 Å². The average Bonchev–Trinajstić information content (AvgIpc) is 3.06. The molecule has 4 heteroatoms. The first-order chi connectivity index (χ1) is 12.6. The van der Waals surface area contributed by atoms with Crippen LogP contribution in [0.4, 0.5) is 0 Å². The summed E-state index contributed by atoms with van der Waals surface area (Å²) < 4.78 is 1.97. The van der Waals surface area contributed by atoms with Crippen LogP contribution in [0.25, 0.3) is 10.9 Å². The summed E-state index contributed by atoms with van der Waals surface area (Å²) in [6.07, 6.45) is 7.42. The molecule has 0 atom stereocenters. The summed E-state index contributed by atoms with van der Waals surface area (Å²) in [6.45, 7) is 4.28. The van der Waals surface area contributed by atoms with Crippen molar-refractivity contribution in [2.75, 3.05) is 7.05 Å². The third kappa shape index (κ3) is 3.49. The highest BCUT2D eigenvalue weighted by Gasteiger charge is 2.12. The molecule has 0 fully saturated rings. The van der Waals surface area contributed by atoms with Gasteiger partial charge in [-0.1, -0.05) is 55.1 Å². The SMILES string of the molecule is C=C/C=C\C(=NC)c1ccc(Cn2ccc3cccc(C(=O)O)c32)cc1. The predicted molar refractivity (Wildman–Crippen MR) is 106 cm³/mol. The number of hydrogen-bond acceptors (Lipinski definition) is 2. The molecule has 3 rings (SSSR count). The monoisotopic (exact) mass is 344 g/mol. The normalized spacial score (nSPS) is 12.0. The number of allylic oxidation sites excluding steroid dienone is 3. The number of carboxylic acids is 1. The van der Waals surface area contributed by atoms with Gasteiger partial charge in [0.15, 0.2) is 0 Å². The van der Waals surface area contributed by atoms with Gasteiger partial charge >= 0.3 is 5.97 Å². The molecule has 3 aromatic rings. The minimum atomic E-state index is -0.913. The van der Waals surface area contributed by atoms with E-state index in [0.29, 0.717) is 12.1 Å². The van der Waals surface area contributed by atoms with Crippen LogP contribution in [0.2, 0.25) is 0 Å². The molecule has 26 heavy (non-hydrogen) atoms. The molecular weight excluding hydrogens is 324 g/mol. The highest BCUT2D eigenvalue weighted by atomic mass is 16.4. The second-order valence-corrected chi connectivity index (χ2v) is 5.89. The van der Waals surface area contributed by atoms with Gasteiger partial charge in [0.1, 0.15) is 0 Å². The smallest absolute Gasteiger partial charge is 0.337 e. The van der Waals surface area contributed by atoms with Crippen LogP contribution in [0.15, 0.2) is 84.5 Å². The van der Waals surface area contributed by atoms with Crippen molar-refractivity contribution in [3.8, 4) is 0 Å². The summed E-state index contributed by atoms with van der Waals surface area (Å²) in [6, 6.07) is 15.4. The highest BCUT2D eigenvalue weighted by molar-refractivity contribution is 6.08. The summed E-state index contributed by atoms with van der Waals surface area (Å²) in [7, 11) is 1.76. The predicted octanol–water partition coefficient (Wildman–Crippen LogP) is 4.55. The average molecular weight is 344 g/mol. The third-order valence-corrected chi connectivity index (χ3v) is 4.25. The van der Waals surface area contributed by atoms with Crippen molar-refractivity contribution in [3.63, 3.8) is 0 Å². The Morgan fingerprint density at radius 3 is 2.62 bits per heavy atom. The van der Waals surface area contributed by atoms with E-state index in [9.17, 15) is 9.90 Å². The standard InChI is InChI=1S/C22H20N2O2/c1-3-4-8-20(23-2)17-11-9-16(10-12-17)15-24-14-13-18-6-5-7-19(21(18)24)22(25)26/h3-14H,1,15H2,2H3,(H,25,26)/b8-4-,23-20?. The van der Waals surface area contributed by atoms with Gasteiger partial charge in [-0.3, -0.25) is 4.99 Å². The lowest BCUT2D eigenvalue weighted by Crippen LogP contribution is -2.04. The molecule has 0 aliphatic carbocycles. The lowest BCUT2D eigenvalue weighted by molar-refractivity contribution is 0.0698. The Kier molecular flexibility index (Phi) is 5.13. The maximum absolute atomic E-state index is 11.5.